The van der Waals surface area contributed by atoms with Crippen LogP contribution in [0.5, 0.6) is 0 Å². The maximum Gasteiger partial charge on any atom is 0.0588 e. The van der Waals surface area contributed by atoms with Gasteiger partial charge in [-0.2, -0.15) is 0 Å². The van der Waals surface area contributed by atoms with Gasteiger partial charge < -0.3 is 10.1 Å². The molecular formula is C16H25NO. The molecule has 0 saturated carbocycles. The Kier molecular flexibility index (Phi) is 5.69. The molecule has 2 rings (SSSR count). The van der Waals surface area contributed by atoms with Gasteiger partial charge >= 0.3 is 0 Å². The zero-order chi connectivity index (χ0) is 12.6. The van der Waals surface area contributed by atoms with E-state index in [9.17, 15) is 0 Å². The highest BCUT2D eigenvalue weighted by Crippen LogP contribution is 2.14. The van der Waals surface area contributed by atoms with Crippen LogP contribution < -0.4 is 5.32 Å². The number of nitrogens with one attached hydrogen (secondary N) is 1. The van der Waals surface area contributed by atoms with E-state index in [0.29, 0.717) is 12.1 Å². The van der Waals surface area contributed by atoms with Crippen LogP contribution in [-0.2, 0) is 11.2 Å². The molecule has 0 spiro atoms. The van der Waals surface area contributed by atoms with Gasteiger partial charge in [0.15, 0.2) is 0 Å². The highest BCUT2D eigenvalue weighted by molar-refractivity contribution is 5.14. The third-order valence-corrected chi connectivity index (χ3v) is 3.69. The number of rotatable bonds is 7. The van der Waals surface area contributed by atoms with Gasteiger partial charge in [0, 0.05) is 12.6 Å². The summed E-state index contributed by atoms with van der Waals surface area (Å²) in [7, 11) is 0. The van der Waals surface area contributed by atoms with Crippen LogP contribution in [0, 0.1) is 0 Å². The Balaban J connectivity index is 1.56. The van der Waals surface area contributed by atoms with Crippen molar-refractivity contribution >= 4 is 0 Å². The predicted octanol–water partition coefficient (Wildman–Crippen LogP) is 3.17. The third-order valence-electron chi connectivity index (χ3n) is 3.69. The molecule has 0 amide bonds. The zero-order valence-corrected chi connectivity index (χ0v) is 11.4. The van der Waals surface area contributed by atoms with Crippen molar-refractivity contribution in [3.05, 3.63) is 35.9 Å². The average Bonchev–Trinajstić information content (AvgIpc) is 2.91. The van der Waals surface area contributed by atoms with Gasteiger partial charge in [-0.05, 0) is 51.1 Å². The quantitative estimate of drug-likeness (QED) is 0.799. The molecule has 2 atom stereocenters. The number of aryl methyl sites for hydroxylation is 1. The fraction of sp³-hybridized carbons (Fsp3) is 0.625. The normalized spacial score (nSPS) is 21.1. The second-order valence-electron chi connectivity index (χ2n) is 5.30. The lowest BCUT2D eigenvalue weighted by molar-refractivity contribution is 0.103. The Morgan fingerprint density at radius 2 is 2.17 bits per heavy atom. The molecule has 1 aliphatic heterocycles. The lowest BCUT2D eigenvalue weighted by atomic mass is 10.1. The topological polar surface area (TPSA) is 21.3 Å². The van der Waals surface area contributed by atoms with Crippen molar-refractivity contribution in [1.82, 2.24) is 5.32 Å². The molecule has 0 aliphatic carbocycles. The van der Waals surface area contributed by atoms with Gasteiger partial charge in [0.25, 0.3) is 0 Å². The Hall–Kier alpha value is -0.860. The molecule has 1 N–H and O–H groups in total. The zero-order valence-electron chi connectivity index (χ0n) is 11.4. The molecule has 2 nitrogen and oxygen atoms in total. The highest BCUT2D eigenvalue weighted by atomic mass is 16.5. The van der Waals surface area contributed by atoms with Crippen LogP contribution in [-0.4, -0.2) is 25.3 Å². The molecule has 2 heteroatoms. The van der Waals surface area contributed by atoms with Gasteiger partial charge in [-0.15, -0.1) is 0 Å². The van der Waals surface area contributed by atoms with Crippen LogP contribution >= 0.6 is 0 Å². The molecule has 1 heterocycles. The van der Waals surface area contributed by atoms with Gasteiger partial charge in [0.05, 0.1) is 6.10 Å². The van der Waals surface area contributed by atoms with E-state index in [0.717, 1.165) is 26.0 Å². The van der Waals surface area contributed by atoms with Crippen molar-refractivity contribution in [3.8, 4) is 0 Å². The van der Waals surface area contributed by atoms with Crippen molar-refractivity contribution < 1.29 is 4.74 Å². The van der Waals surface area contributed by atoms with Gasteiger partial charge in [-0.25, -0.2) is 0 Å². The Morgan fingerprint density at radius 1 is 1.33 bits per heavy atom. The summed E-state index contributed by atoms with van der Waals surface area (Å²) < 4.78 is 5.62. The van der Waals surface area contributed by atoms with Gasteiger partial charge in [0.1, 0.15) is 0 Å². The maximum atomic E-state index is 5.62. The minimum atomic E-state index is 0.513. The fourth-order valence-corrected chi connectivity index (χ4v) is 2.49. The van der Waals surface area contributed by atoms with Gasteiger partial charge in [0.2, 0.25) is 0 Å². The molecule has 0 radical (unpaired) electrons. The van der Waals surface area contributed by atoms with Crippen molar-refractivity contribution in [2.45, 2.75) is 51.2 Å². The summed E-state index contributed by atoms with van der Waals surface area (Å²) >= 11 is 0. The van der Waals surface area contributed by atoms with E-state index in [-0.39, 0.29) is 0 Å². The van der Waals surface area contributed by atoms with E-state index < -0.39 is 0 Å². The number of hydrogen-bond donors (Lipinski definition) is 1. The average molecular weight is 247 g/mol. The summed E-state index contributed by atoms with van der Waals surface area (Å²) in [5, 5.41) is 3.60. The monoisotopic (exact) mass is 247 g/mol. The summed E-state index contributed by atoms with van der Waals surface area (Å²) in [4.78, 5) is 0. The van der Waals surface area contributed by atoms with Gasteiger partial charge in [-0.3, -0.25) is 0 Å². The third kappa shape index (κ3) is 4.79. The molecule has 1 aromatic rings. The summed E-state index contributed by atoms with van der Waals surface area (Å²) in [6, 6.07) is 11.3. The van der Waals surface area contributed by atoms with Crippen LogP contribution in [0.2, 0.25) is 0 Å². The van der Waals surface area contributed by atoms with Crippen LogP contribution in [0.3, 0.4) is 0 Å². The lowest BCUT2D eigenvalue weighted by Crippen LogP contribution is -2.29. The molecule has 0 unspecified atom stereocenters. The van der Waals surface area contributed by atoms with E-state index >= 15 is 0 Å². The van der Waals surface area contributed by atoms with Crippen LogP contribution in [0.1, 0.15) is 38.2 Å². The Bertz CT molecular complexity index is 319. The van der Waals surface area contributed by atoms with E-state index in [1.54, 1.807) is 0 Å². The molecular weight excluding hydrogens is 222 g/mol. The summed E-state index contributed by atoms with van der Waals surface area (Å²) in [6.07, 6.45) is 6.54. The molecule has 1 fully saturated rings. The molecule has 0 aromatic heterocycles. The van der Waals surface area contributed by atoms with Crippen molar-refractivity contribution in [2.24, 2.45) is 0 Å². The largest absolute Gasteiger partial charge is 0.378 e. The first-order chi connectivity index (χ1) is 8.84. The van der Waals surface area contributed by atoms with Crippen molar-refractivity contribution in [3.63, 3.8) is 0 Å². The molecule has 1 aromatic carbocycles. The van der Waals surface area contributed by atoms with Crippen molar-refractivity contribution in [1.29, 1.82) is 0 Å². The molecule has 18 heavy (non-hydrogen) atoms. The smallest absolute Gasteiger partial charge is 0.0588 e. The summed E-state index contributed by atoms with van der Waals surface area (Å²) in [5.74, 6) is 0. The van der Waals surface area contributed by atoms with Crippen LogP contribution in [0.4, 0.5) is 0 Å². The van der Waals surface area contributed by atoms with Crippen LogP contribution in [0.25, 0.3) is 0 Å². The SMILES string of the molecule is C[C@@H](CCc1ccccc1)NCC[C@H]1CCCO1. The first-order valence-corrected chi connectivity index (χ1v) is 7.23. The van der Waals surface area contributed by atoms with E-state index in [4.69, 9.17) is 4.74 Å². The highest BCUT2D eigenvalue weighted by Gasteiger charge is 2.14. The van der Waals surface area contributed by atoms with Crippen molar-refractivity contribution in [2.75, 3.05) is 13.2 Å². The predicted molar refractivity (Wildman–Crippen MR) is 75.8 cm³/mol. The summed E-state index contributed by atoms with van der Waals surface area (Å²) in [5.41, 5.74) is 1.44. The first kappa shape index (κ1) is 13.6. The minimum absolute atomic E-state index is 0.513. The number of ether oxygens (including phenoxy) is 1. The molecule has 1 saturated heterocycles. The number of benzene rings is 1. The van der Waals surface area contributed by atoms with E-state index in [2.05, 4.69) is 42.6 Å². The minimum Gasteiger partial charge on any atom is -0.378 e. The molecule has 100 valence electrons. The lowest BCUT2D eigenvalue weighted by Gasteiger charge is -2.15. The summed E-state index contributed by atoms with van der Waals surface area (Å²) in [6.45, 7) is 4.33. The van der Waals surface area contributed by atoms with Gasteiger partial charge in [-0.1, -0.05) is 30.3 Å². The Labute approximate surface area is 111 Å². The maximum absolute atomic E-state index is 5.62. The second kappa shape index (κ2) is 7.55. The van der Waals surface area contributed by atoms with E-state index in [1.165, 1.54) is 24.8 Å². The number of hydrogen-bond acceptors (Lipinski definition) is 2. The van der Waals surface area contributed by atoms with E-state index in [1.807, 2.05) is 0 Å². The molecule has 1 aliphatic rings. The second-order valence-corrected chi connectivity index (χ2v) is 5.30. The molecule has 0 bridgehead atoms. The fourth-order valence-electron chi connectivity index (χ4n) is 2.49. The standard InChI is InChI=1S/C16H25NO/c1-14(9-10-15-6-3-2-4-7-15)17-12-11-16-8-5-13-18-16/h2-4,6-7,14,16-17H,5,8-13H2,1H3/t14-,16+/m0/s1. The van der Waals surface area contributed by atoms with Crippen LogP contribution in [0.15, 0.2) is 30.3 Å². The Morgan fingerprint density at radius 3 is 2.89 bits per heavy atom. The first-order valence-electron chi connectivity index (χ1n) is 7.23.